The molecule has 0 spiro atoms. The Morgan fingerprint density at radius 2 is 1.91 bits per heavy atom. The first-order valence-electron chi connectivity index (χ1n) is 9.90. The molecular formula is C23H20BrN5O2S2. The fourth-order valence-corrected chi connectivity index (χ4v) is 4.98. The highest BCUT2D eigenvalue weighted by molar-refractivity contribution is 9.11. The van der Waals surface area contributed by atoms with Crippen molar-refractivity contribution in [1.82, 2.24) is 20.2 Å². The number of nitrogens with zero attached hydrogens (tertiary/aromatic N) is 4. The molecule has 2 heterocycles. The Labute approximate surface area is 208 Å². The number of thiophene rings is 1. The molecule has 4 aromatic rings. The van der Waals surface area contributed by atoms with Crippen LogP contribution in [-0.4, -0.2) is 39.7 Å². The second-order valence-electron chi connectivity index (χ2n) is 6.93. The van der Waals surface area contributed by atoms with Gasteiger partial charge in [0.1, 0.15) is 5.75 Å². The molecule has 0 saturated heterocycles. The van der Waals surface area contributed by atoms with E-state index in [4.69, 9.17) is 4.74 Å². The fraction of sp³-hybridized carbons (Fsp3) is 0.130. The van der Waals surface area contributed by atoms with Crippen LogP contribution < -0.4 is 10.2 Å². The summed E-state index contributed by atoms with van der Waals surface area (Å²) >= 11 is 6.23. The molecular weight excluding hydrogens is 522 g/mol. The average Bonchev–Trinajstić information content (AvgIpc) is 3.44. The Morgan fingerprint density at radius 1 is 1.15 bits per heavy atom. The van der Waals surface area contributed by atoms with E-state index in [0.29, 0.717) is 11.0 Å². The highest BCUT2D eigenvalue weighted by Gasteiger charge is 2.17. The van der Waals surface area contributed by atoms with Gasteiger partial charge in [-0.2, -0.15) is 5.10 Å². The maximum Gasteiger partial charge on any atom is 0.250 e. The van der Waals surface area contributed by atoms with Gasteiger partial charge in [0.05, 0.1) is 22.9 Å². The maximum atomic E-state index is 12.3. The molecule has 168 valence electrons. The summed E-state index contributed by atoms with van der Waals surface area (Å²) in [7, 11) is 1.63. The Bertz CT molecular complexity index is 1270. The van der Waals surface area contributed by atoms with E-state index in [9.17, 15) is 4.79 Å². The van der Waals surface area contributed by atoms with Gasteiger partial charge < -0.3 is 4.74 Å². The fourth-order valence-electron chi connectivity index (χ4n) is 2.94. The number of aromatic nitrogens is 3. The van der Waals surface area contributed by atoms with Crippen molar-refractivity contribution in [2.24, 2.45) is 5.10 Å². The Hall–Kier alpha value is -2.95. The molecule has 0 atom stereocenters. The second kappa shape index (κ2) is 10.8. The third kappa shape index (κ3) is 5.89. The lowest BCUT2D eigenvalue weighted by Gasteiger charge is -2.11. The van der Waals surface area contributed by atoms with Crippen molar-refractivity contribution in [3.8, 4) is 22.8 Å². The summed E-state index contributed by atoms with van der Waals surface area (Å²) in [5.41, 5.74) is 5.53. The normalized spacial score (nSPS) is 11.1. The Balaban J connectivity index is 1.53. The maximum absolute atomic E-state index is 12.3. The number of carbonyl (C=O) groups excluding carboxylic acids is 1. The zero-order valence-electron chi connectivity index (χ0n) is 17.9. The number of methoxy groups -OCH3 is 1. The smallest absolute Gasteiger partial charge is 0.250 e. The van der Waals surface area contributed by atoms with Crippen LogP contribution in [0, 0.1) is 6.92 Å². The number of nitrogens with one attached hydrogen (secondary N) is 1. The van der Waals surface area contributed by atoms with Crippen LogP contribution in [0.2, 0.25) is 0 Å². The van der Waals surface area contributed by atoms with Crippen LogP contribution >= 0.6 is 39.0 Å². The molecule has 0 bridgehead atoms. The standard InChI is InChI=1S/C23H20BrN5O2S2/c1-15-3-5-16(6-4-15)22-27-28-23(29(22)17-7-9-18(31-2)10-8-17)32-14-21(30)26-25-13-19-11-12-20(24)33-19/h3-13H,14H2,1-2H3,(H,26,30)/b25-13+. The second-order valence-corrected chi connectivity index (χ2v) is 10.4. The summed E-state index contributed by atoms with van der Waals surface area (Å²) in [5, 5.41) is 13.4. The van der Waals surface area contributed by atoms with Crippen LogP contribution in [-0.2, 0) is 4.79 Å². The van der Waals surface area contributed by atoms with Crippen molar-refractivity contribution >= 4 is 51.2 Å². The van der Waals surface area contributed by atoms with Crippen LogP contribution in [0.1, 0.15) is 10.4 Å². The highest BCUT2D eigenvalue weighted by atomic mass is 79.9. The molecule has 2 aromatic carbocycles. The first-order valence-corrected chi connectivity index (χ1v) is 12.5. The molecule has 33 heavy (non-hydrogen) atoms. The van der Waals surface area contributed by atoms with Crippen LogP contribution in [0.15, 0.2) is 74.7 Å². The molecule has 1 N–H and O–H groups in total. The van der Waals surface area contributed by atoms with Gasteiger partial charge in [0, 0.05) is 16.1 Å². The molecule has 0 aliphatic rings. The number of aryl methyl sites for hydroxylation is 1. The molecule has 4 rings (SSSR count). The average molecular weight is 542 g/mol. The lowest BCUT2D eigenvalue weighted by atomic mass is 10.1. The highest BCUT2D eigenvalue weighted by Crippen LogP contribution is 2.29. The number of thioether (sulfide) groups is 1. The number of benzene rings is 2. The third-order valence-corrected chi connectivity index (χ3v) is 7.07. The molecule has 0 radical (unpaired) electrons. The van der Waals surface area contributed by atoms with Gasteiger partial charge in [0.2, 0.25) is 0 Å². The van der Waals surface area contributed by atoms with E-state index in [1.54, 1.807) is 13.3 Å². The minimum Gasteiger partial charge on any atom is -0.497 e. The van der Waals surface area contributed by atoms with E-state index in [0.717, 1.165) is 31.2 Å². The number of hydrazone groups is 1. The van der Waals surface area contributed by atoms with Crippen molar-refractivity contribution in [2.45, 2.75) is 12.1 Å². The van der Waals surface area contributed by atoms with Crippen molar-refractivity contribution in [3.63, 3.8) is 0 Å². The lowest BCUT2D eigenvalue weighted by molar-refractivity contribution is -0.118. The lowest BCUT2D eigenvalue weighted by Crippen LogP contribution is -2.19. The van der Waals surface area contributed by atoms with Crippen LogP contribution in [0.4, 0.5) is 0 Å². The van der Waals surface area contributed by atoms with Gasteiger partial charge >= 0.3 is 0 Å². The quantitative estimate of drug-likeness (QED) is 0.185. The molecule has 1 amide bonds. The molecule has 10 heteroatoms. The summed E-state index contributed by atoms with van der Waals surface area (Å²) < 4.78 is 8.23. The van der Waals surface area contributed by atoms with Gasteiger partial charge in [-0.15, -0.1) is 21.5 Å². The first kappa shape index (κ1) is 23.2. The van der Waals surface area contributed by atoms with Crippen molar-refractivity contribution in [3.05, 3.63) is 74.9 Å². The van der Waals surface area contributed by atoms with E-state index in [2.05, 4.69) is 36.7 Å². The number of hydrogen-bond acceptors (Lipinski definition) is 7. The minimum atomic E-state index is -0.229. The number of carbonyl (C=O) groups is 1. The molecule has 0 unspecified atom stereocenters. The van der Waals surface area contributed by atoms with E-state index in [1.165, 1.54) is 23.1 Å². The molecule has 0 aliphatic heterocycles. The van der Waals surface area contributed by atoms with E-state index < -0.39 is 0 Å². The number of hydrogen-bond donors (Lipinski definition) is 1. The van der Waals surface area contributed by atoms with Gasteiger partial charge in [-0.25, -0.2) is 5.43 Å². The number of rotatable bonds is 8. The number of ether oxygens (including phenoxy) is 1. The van der Waals surface area contributed by atoms with Crippen LogP contribution in [0.5, 0.6) is 5.75 Å². The van der Waals surface area contributed by atoms with Gasteiger partial charge in [0.15, 0.2) is 11.0 Å². The molecule has 0 aliphatic carbocycles. The largest absolute Gasteiger partial charge is 0.497 e. The summed E-state index contributed by atoms with van der Waals surface area (Å²) in [6.45, 7) is 2.04. The third-order valence-electron chi connectivity index (χ3n) is 4.58. The van der Waals surface area contributed by atoms with Crippen molar-refractivity contribution < 1.29 is 9.53 Å². The Kier molecular flexibility index (Phi) is 7.58. The van der Waals surface area contributed by atoms with Gasteiger partial charge in [0.25, 0.3) is 5.91 Å². The zero-order chi connectivity index (χ0) is 23.2. The SMILES string of the molecule is COc1ccc(-n2c(SCC(=O)N/N=C/c3ccc(Br)s3)nnc2-c2ccc(C)cc2)cc1. The summed E-state index contributed by atoms with van der Waals surface area (Å²) in [4.78, 5) is 13.3. The first-order chi connectivity index (χ1) is 16.0. The number of halogens is 1. The summed E-state index contributed by atoms with van der Waals surface area (Å²) in [6.07, 6.45) is 1.62. The van der Waals surface area contributed by atoms with E-state index in [-0.39, 0.29) is 11.7 Å². The van der Waals surface area contributed by atoms with Crippen LogP contribution in [0.25, 0.3) is 17.1 Å². The molecule has 2 aromatic heterocycles. The Morgan fingerprint density at radius 3 is 2.58 bits per heavy atom. The predicted octanol–water partition coefficient (Wildman–Crippen LogP) is 5.32. The van der Waals surface area contributed by atoms with Gasteiger partial charge in [-0.1, -0.05) is 41.6 Å². The van der Waals surface area contributed by atoms with Crippen molar-refractivity contribution in [2.75, 3.05) is 12.9 Å². The van der Waals surface area contributed by atoms with Gasteiger partial charge in [-0.05, 0) is 59.3 Å². The topological polar surface area (TPSA) is 81.4 Å². The van der Waals surface area contributed by atoms with Crippen LogP contribution in [0.3, 0.4) is 0 Å². The minimum absolute atomic E-state index is 0.146. The monoisotopic (exact) mass is 541 g/mol. The molecule has 0 fully saturated rings. The van der Waals surface area contributed by atoms with Gasteiger partial charge in [-0.3, -0.25) is 9.36 Å². The molecule has 7 nitrogen and oxygen atoms in total. The molecule has 0 saturated carbocycles. The van der Waals surface area contributed by atoms with E-state index >= 15 is 0 Å². The predicted molar refractivity (Wildman–Crippen MR) is 137 cm³/mol. The van der Waals surface area contributed by atoms with E-state index in [1.807, 2.05) is 72.2 Å². The zero-order valence-corrected chi connectivity index (χ0v) is 21.1. The summed E-state index contributed by atoms with van der Waals surface area (Å²) in [6, 6.07) is 19.6. The van der Waals surface area contributed by atoms with Crippen molar-refractivity contribution in [1.29, 1.82) is 0 Å². The summed E-state index contributed by atoms with van der Waals surface area (Å²) in [5.74, 6) is 1.37. The number of amides is 1.